The summed E-state index contributed by atoms with van der Waals surface area (Å²) in [7, 11) is 1.81. The molecule has 0 radical (unpaired) electrons. The quantitative estimate of drug-likeness (QED) is 0.856. The first-order chi connectivity index (χ1) is 8.72. The van der Waals surface area contributed by atoms with Gasteiger partial charge in [0.1, 0.15) is 5.69 Å². The maximum atomic E-state index is 12.0. The highest BCUT2D eigenvalue weighted by Crippen LogP contribution is 2.12. The van der Waals surface area contributed by atoms with E-state index >= 15 is 0 Å². The lowest BCUT2D eigenvalue weighted by molar-refractivity contribution is 0.0908. The zero-order valence-electron chi connectivity index (χ0n) is 10.2. The van der Waals surface area contributed by atoms with Crippen LogP contribution in [-0.4, -0.2) is 22.2 Å². The summed E-state index contributed by atoms with van der Waals surface area (Å²) in [6.45, 7) is -0.125. The van der Waals surface area contributed by atoms with Gasteiger partial charge in [-0.2, -0.15) is 0 Å². The van der Waals surface area contributed by atoms with Crippen LogP contribution in [0, 0.1) is 0 Å². The molecule has 2 N–H and O–H groups in total. The van der Waals surface area contributed by atoms with E-state index in [2.05, 4.69) is 5.32 Å². The summed E-state index contributed by atoms with van der Waals surface area (Å²) in [4.78, 5) is 12.0. The summed E-state index contributed by atoms with van der Waals surface area (Å²) < 4.78 is 1.74. The smallest absolute Gasteiger partial charge is 0.268 e. The molecule has 0 aliphatic heterocycles. The normalized spacial score (nSPS) is 12.1. The van der Waals surface area contributed by atoms with E-state index in [1.165, 1.54) is 0 Å². The number of rotatable bonds is 4. The van der Waals surface area contributed by atoms with Crippen LogP contribution in [0.5, 0.6) is 0 Å². The molecule has 0 saturated heterocycles. The van der Waals surface area contributed by atoms with Gasteiger partial charge in [0.05, 0.1) is 12.6 Å². The average Bonchev–Trinajstić information content (AvgIpc) is 2.83. The molecule has 1 aromatic carbocycles. The van der Waals surface area contributed by atoms with Crippen molar-refractivity contribution in [1.29, 1.82) is 0 Å². The number of hydrogen-bond donors (Lipinski definition) is 2. The van der Waals surface area contributed by atoms with E-state index in [-0.39, 0.29) is 18.6 Å². The van der Waals surface area contributed by atoms with E-state index < -0.39 is 0 Å². The van der Waals surface area contributed by atoms with Crippen LogP contribution in [0.2, 0.25) is 0 Å². The molecule has 2 rings (SSSR count). The van der Waals surface area contributed by atoms with Crippen molar-refractivity contribution in [1.82, 2.24) is 9.88 Å². The number of nitrogens with one attached hydrogen (secondary N) is 1. The molecule has 1 unspecified atom stereocenters. The Bertz CT molecular complexity index is 520. The average molecular weight is 244 g/mol. The standard InChI is InChI=1S/C14H16N2O2/c1-16-9-5-8-13(16)14(18)15-12(10-17)11-6-3-2-4-7-11/h2-9,12,17H,10H2,1H3,(H,15,18). The molecule has 1 aromatic heterocycles. The van der Waals surface area contributed by atoms with Crippen LogP contribution in [0.15, 0.2) is 48.7 Å². The van der Waals surface area contributed by atoms with Crippen LogP contribution in [0.25, 0.3) is 0 Å². The molecule has 0 bridgehead atoms. The molecule has 1 atom stereocenters. The summed E-state index contributed by atoms with van der Waals surface area (Å²) >= 11 is 0. The van der Waals surface area contributed by atoms with Gasteiger partial charge in [-0.15, -0.1) is 0 Å². The van der Waals surface area contributed by atoms with Crippen molar-refractivity contribution in [2.45, 2.75) is 6.04 Å². The maximum absolute atomic E-state index is 12.0. The lowest BCUT2D eigenvalue weighted by Gasteiger charge is -2.16. The Hall–Kier alpha value is -2.07. The second-order valence-corrected chi connectivity index (χ2v) is 4.12. The van der Waals surface area contributed by atoms with Gasteiger partial charge < -0.3 is 15.0 Å². The first-order valence-corrected chi connectivity index (χ1v) is 5.80. The van der Waals surface area contributed by atoms with E-state index in [9.17, 15) is 9.90 Å². The fourth-order valence-electron chi connectivity index (χ4n) is 1.85. The van der Waals surface area contributed by atoms with E-state index in [0.29, 0.717) is 5.69 Å². The molecule has 4 nitrogen and oxygen atoms in total. The lowest BCUT2D eigenvalue weighted by Crippen LogP contribution is -2.31. The number of carbonyl (C=O) groups is 1. The van der Waals surface area contributed by atoms with Gasteiger partial charge in [0, 0.05) is 13.2 Å². The Morgan fingerprint density at radius 2 is 2.00 bits per heavy atom. The summed E-state index contributed by atoms with van der Waals surface area (Å²) in [6, 6.07) is 12.6. The van der Waals surface area contributed by atoms with Gasteiger partial charge in [0.25, 0.3) is 5.91 Å². The van der Waals surface area contributed by atoms with Gasteiger partial charge in [-0.05, 0) is 17.7 Å². The van der Waals surface area contributed by atoms with Crippen LogP contribution in [0.4, 0.5) is 0 Å². The first-order valence-electron chi connectivity index (χ1n) is 5.80. The van der Waals surface area contributed by atoms with Crippen molar-refractivity contribution in [3.05, 3.63) is 59.9 Å². The monoisotopic (exact) mass is 244 g/mol. The molecule has 0 aliphatic carbocycles. The molecular weight excluding hydrogens is 228 g/mol. The molecule has 0 aliphatic rings. The minimum absolute atomic E-state index is 0.125. The molecule has 0 fully saturated rings. The van der Waals surface area contributed by atoms with Crippen molar-refractivity contribution in [3.8, 4) is 0 Å². The van der Waals surface area contributed by atoms with Crippen molar-refractivity contribution in [2.75, 3.05) is 6.61 Å². The SMILES string of the molecule is Cn1cccc1C(=O)NC(CO)c1ccccc1. The topological polar surface area (TPSA) is 54.3 Å². The van der Waals surface area contributed by atoms with Gasteiger partial charge in [-0.25, -0.2) is 0 Å². The molecule has 1 heterocycles. The number of aliphatic hydroxyl groups excluding tert-OH is 1. The lowest BCUT2D eigenvalue weighted by atomic mass is 10.1. The molecule has 4 heteroatoms. The van der Waals surface area contributed by atoms with Gasteiger partial charge in [0.2, 0.25) is 0 Å². The number of amides is 1. The van der Waals surface area contributed by atoms with Crippen molar-refractivity contribution < 1.29 is 9.90 Å². The van der Waals surface area contributed by atoms with Gasteiger partial charge in [-0.1, -0.05) is 30.3 Å². The molecule has 18 heavy (non-hydrogen) atoms. The van der Waals surface area contributed by atoms with Gasteiger partial charge >= 0.3 is 0 Å². The van der Waals surface area contributed by atoms with Crippen molar-refractivity contribution >= 4 is 5.91 Å². The van der Waals surface area contributed by atoms with Crippen molar-refractivity contribution in [2.24, 2.45) is 7.05 Å². The predicted molar refractivity (Wildman–Crippen MR) is 69.1 cm³/mol. The Morgan fingerprint density at radius 3 is 2.56 bits per heavy atom. The highest BCUT2D eigenvalue weighted by molar-refractivity contribution is 5.93. The van der Waals surface area contributed by atoms with Crippen LogP contribution in [0.3, 0.4) is 0 Å². The summed E-state index contributed by atoms with van der Waals surface area (Å²) in [6.07, 6.45) is 1.81. The number of aromatic nitrogens is 1. The minimum Gasteiger partial charge on any atom is -0.394 e. The number of aryl methyl sites for hydroxylation is 1. The number of aliphatic hydroxyl groups is 1. The molecule has 1 amide bonds. The summed E-state index contributed by atoms with van der Waals surface area (Å²) in [5, 5.41) is 12.2. The second kappa shape index (κ2) is 5.51. The number of nitrogens with zero attached hydrogens (tertiary/aromatic N) is 1. The molecule has 0 saturated carbocycles. The summed E-state index contributed by atoms with van der Waals surface area (Å²) in [5.41, 5.74) is 1.46. The van der Waals surface area contributed by atoms with Gasteiger partial charge in [-0.3, -0.25) is 4.79 Å². The maximum Gasteiger partial charge on any atom is 0.268 e. The second-order valence-electron chi connectivity index (χ2n) is 4.12. The molecular formula is C14H16N2O2. The zero-order valence-corrected chi connectivity index (χ0v) is 10.2. The van der Waals surface area contributed by atoms with E-state index in [1.54, 1.807) is 10.6 Å². The predicted octanol–water partition coefficient (Wildman–Crippen LogP) is 1.49. The highest BCUT2D eigenvalue weighted by atomic mass is 16.3. The minimum atomic E-state index is -0.381. The van der Waals surface area contributed by atoms with E-state index in [1.807, 2.05) is 49.6 Å². The van der Waals surface area contributed by atoms with Crippen LogP contribution in [0.1, 0.15) is 22.1 Å². The van der Waals surface area contributed by atoms with Crippen LogP contribution < -0.4 is 5.32 Å². The van der Waals surface area contributed by atoms with Crippen LogP contribution >= 0.6 is 0 Å². The Balaban J connectivity index is 2.13. The molecule has 94 valence electrons. The fourth-order valence-corrected chi connectivity index (χ4v) is 1.85. The highest BCUT2D eigenvalue weighted by Gasteiger charge is 2.15. The third kappa shape index (κ3) is 2.60. The van der Waals surface area contributed by atoms with E-state index in [0.717, 1.165) is 5.56 Å². The van der Waals surface area contributed by atoms with Gasteiger partial charge in [0.15, 0.2) is 0 Å². The Morgan fingerprint density at radius 1 is 1.28 bits per heavy atom. The largest absolute Gasteiger partial charge is 0.394 e. The zero-order chi connectivity index (χ0) is 13.0. The first kappa shape index (κ1) is 12.4. The molecule has 2 aromatic rings. The number of carbonyl (C=O) groups excluding carboxylic acids is 1. The van der Waals surface area contributed by atoms with Crippen LogP contribution in [-0.2, 0) is 7.05 Å². The summed E-state index contributed by atoms with van der Waals surface area (Å²) in [5.74, 6) is -0.189. The fraction of sp³-hybridized carbons (Fsp3) is 0.214. The Labute approximate surface area is 106 Å². The third-order valence-corrected chi connectivity index (χ3v) is 2.87. The third-order valence-electron chi connectivity index (χ3n) is 2.87. The van der Waals surface area contributed by atoms with E-state index in [4.69, 9.17) is 0 Å². The van der Waals surface area contributed by atoms with Crippen molar-refractivity contribution in [3.63, 3.8) is 0 Å². The number of benzene rings is 1. The number of hydrogen-bond acceptors (Lipinski definition) is 2. The Kier molecular flexibility index (Phi) is 3.79. The molecule has 0 spiro atoms.